The summed E-state index contributed by atoms with van der Waals surface area (Å²) in [5, 5.41) is 20.9. The summed E-state index contributed by atoms with van der Waals surface area (Å²) in [4.78, 5) is 12.1. The van der Waals surface area contributed by atoms with E-state index in [1.54, 1.807) is 0 Å². The molecule has 35 heavy (non-hydrogen) atoms. The van der Waals surface area contributed by atoms with Gasteiger partial charge in [-0.05, 0) is 75.0 Å². The molecule has 0 heterocycles. The van der Waals surface area contributed by atoms with Crippen molar-refractivity contribution in [1.82, 2.24) is 0 Å². The van der Waals surface area contributed by atoms with Crippen LogP contribution in [0, 0.1) is 40.4 Å². The second-order valence-corrected chi connectivity index (χ2v) is 12.8. The highest BCUT2D eigenvalue weighted by Gasteiger charge is 2.59. The van der Waals surface area contributed by atoms with Gasteiger partial charge in [0.05, 0.1) is 18.8 Å². The predicted molar refractivity (Wildman–Crippen MR) is 138 cm³/mol. The van der Waals surface area contributed by atoms with E-state index in [0.717, 1.165) is 12.8 Å². The van der Waals surface area contributed by atoms with Crippen LogP contribution in [0.1, 0.15) is 80.1 Å². The Bertz CT molecular complexity index is 910. The molecular formula is C30H46O5. The third kappa shape index (κ3) is 4.52. The van der Waals surface area contributed by atoms with Gasteiger partial charge in [-0.15, -0.1) is 0 Å². The number of carbonyl (C=O) groups excluding carboxylic acids is 1. The van der Waals surface area contributed by atoms with Gasteiger partial charge in [0.2, 0.25) is 0 Å². The Labute approximate surface area is 211 Å². The van der Waals surface area contributed by atoms with Crippen LogP contribution >= 0.6 is 0 Å². The Kier molecular flexibility index (Phi) is 7.09. The number of carbonyl (C=O) groups is 1. The SMILES string of the molecule is COC(=O)O[C@H]1C[C@H](O)CC2=CC=C3[C@@H]4CC[C@H]([C@H](C)/C=C/[C@@H](C)C(C)(C)O)[C@@]4(C)CC[C@@H]3[C@]21C. The first-order chi connectivity index (χ1) is 16.3. The van der Waals surface area contributed by atoms with E-state index in [4.69, 9.17) is 9.47 Å². The standard InChI is InChI=1S/C30H46O5/c1-18(8-9-19(2)28(3,4)33)23-12-13-24-22-11-10-20-16-21(31)17-26(35-27(32)34-7)30(20,6)25(22)14-15-29(23,24)5/h8-11,18-19,21,23-26,31,33H,12-17H2,1-7H3/b9-8+/t18-,19-,21-,23-,24+,25+,26+,29-,30+/m1/s1. The topological polar surface area (TPSA) is 76.0 Å². The normalized spacial score (nSPS) is 40.7. The molecule has 4 aliphatic carbocycles. The summed E-state index contributed by atoms with van der Waals surface area (Å²) >= 11 is 0. The summed E-state index contributed by atoms with van der Waals surface area (Å²) in [5.41, 5.74) is 1.94. The fourth-order valence-electron chi connectivity index (χ4n) is 7.97. The summed E-state index contributed by atoms with van der Waals surface area (Å²) in [7, 11) is 1.34. The molecule has 0 amide bonds. The molecule has 0 aromatic carbocycles. The van der Waals surface area contributed by atoms with Gasteiger partial charge in [-0.3, -0.25) is 0 Å². The highest BCUT2D eigenvalue weighted by Crippen LogP contribution is 2.66. The summed E-state index contributed by atoms with van der Waals surface area (Å²) in [5.74, 6) is 2.02. The van der Waals surface area contributed by atoms with Crippen LogP contribution in [0.5, 0.6) is 0 Å². The minimum absolute atomic E-state index is 0.114. The molecule has 5 nitrogen and oxygen atoms in total. The summed E-state index contributed by atoms with van der Waals surface area (Å²) in [6, 6.07) is 0. The van der Waals surface area contributed by atoms with Gasteiger partial charge >= 0.3 is 6.16 Å². The van der Waals surface area contributed by atoms with E-state index >= 15 is 0 Å². The fraction of sp³-hybridized carbons (Fsp3) is 0.767. The summed E-state index contributed by atoms with van der Waals surface area (Å²) in [6.45, 7) is 12.9. The van der Waals surface area contributed by atoms with Crippen molar-refractivity contribution in [3.05, 3.63) is 35.5 Å². The molecule has 3 fully saturated rings. The number of ether oxygens (including phenoxy) is 2. The van der Waals surface area contributed by atoms with Gasteiger partial charge in [-0.25, -0.2) is 4.79 Å². The molecule has 0 saturated heterocycles. The Morgan fingerprint density at radius 1 is 1.14 bits per heavy atom. The second kappa shape index (κ2) is 9.37. The van der Waals surface area contributed by atoms with Gasteiger partial charge in [0.1, 0.15) is 6.10 Å². The highest BCUT2D eigenvalue weighted by atomic mass is 16.7. The molecule has 0 aromatic rings. The van der Waals surface area contributed by atoms with Crippen molar-refractivity contribution in [2.45, 2.75) is 97.9 Å². The Hall–Kier alpha value is -1.59. The molecule has 3 saturated carbocycles. The molecule has 4 aliphatic rings. The van der Waals surface area contributed by atoms with Crippen molar-refractivity contribution in [3.8, 4) is 0 Å². The maximum atomic E-state index is 12.1. The van der Waals surface area contributed by atoms with Crippen molar-refractivity contribution < 1.29 is 24.5 Å². The van der Waals surface area contributed by atoms with Gasteiger partial charge < -0.3 is 19.7 Å². The van der Waals surface area contributed by atoms with Crippen molar-refractivity contribution in [3.63, 3.8) is 0 Å². The number of methoxy groups -OCH3 is 1. The van der Waals surface area contributed by atoms with E-state index in [1.165, 1.54) is 31.1 Å². The third-order valence-electron chi connectivity index (χ3n) is 10.5. The maximum absolute atomic E-state index is 12.1. The summed E-state index contributed by atoms with van der Waals surface area (Å²) < 4.78 is 10.6. The summed E-state index contributed by atoms with van der Waals surface area (Å²) in [6.07, 6.45) is 13.3. The number of hydrogen-bond acceptors (Lipinski definition) is 5. The minimum Gasteiger partial charge on any atom is -0.438 e. The number of allylic oxidation sites excluding steroid dienone is 4. The van der Waals surface area contributed by atoms with Gasteiger partial charge in [-0.2, -0.15) is 0 Å². The Morgan fingerprint density at radius 3 is 2.51 bits per heavy atom. The van der Waals surface area contributed by atoms with Crippen molar-refractivity contribution >= 4 is 6.16 Å². The van der Waals surface area contributed by atoms with Crippen LogP contribution in [-0.4, -0.2) is 41.3 Å². The number of hydrogen-bond donors (Lipinski definition) is 2. The van der Waals surface area contributed by atoms with Crippen molar-refractivity contribution in [2.24, 2.45) is 40.4 Å². The minimum atomic E-state index is -0.709. The first-order valence-electron chi connectivity index (χ1n) is 13.6. The second-order valence-electron chi connectivity index (χ2n) is 12.8. The lowest BCUT2D eigenvalue weighted by Crippen LogP contribution is -2.53. The van der Waals surface area contributed by atoms with E-state index in [0.29, 0.717) is 36.5 Å². The maximum Gasteiger partial charge on any atom is 0.508 e. The van der Waals surface area contributed by atoms with Crippen LogP contribution in [-0.2, 0) is 9.47 Å². The molecular weight excluding hydrogens is 440 g/mol. The quantitative estimate of drug-likeness (QED) is 0.357. The number of aliphatic hydroxyl groups is 2. The van der Waals surface area contributed by atoms with E-state index in [-0.39, 0.29) is 22.9 Å². The highest BCUT2D eigenvalue weighted by molar-refractivity contribution is 5.60. The van der Waals surface area contributed by atoms with Gasteiger partial charge in [-0.1, -0.05) is 63.1 Å². The lowest BCUT2D eigenvalue weighted by molar-refractivity contribution is -0.0760. The number of rotatable bonds is 5. The molecule has 5 heteroatoms. The first-order valence-corrected chi connectivity index (χ1v) is 13.6. The number of aliphatic hydroxyl groups excluding tert-OH is 1. The molecule has 196 valence electrons. The van der Waals surface area contributed by atoms with Crippen LogP contribution in [0.15, 0.2) is 35.5 Å². The molecule has 0 radical (unpaired) electrons. The lowest BCUT2D eigenvalue weighted by Gasteiger charge is -2.56. The Balaban J connectivity index is 1.60. The van der Waals surface area contributed by atoms with E-state index in [1.807, 2.05) is 13.8 Å². The predicted octanol–water partition coefficient (Wildman–Crippen LogP) is 6.21. The van der Waals surface area contributed by atoms with Gasteiger partial charge in [0.15, 0.2) is 0 Å². The van der Waals surface area contributed by atoms with Crippen molar-refractivity contribution in [2.75, 3.05) is 7.11 Å². The lowest BCUT2D eigenvalue weighted by atomic mass is 9.49. The Morgan fingerprint density at radius 2 is 1.86 bits per heavy atom. The molecule has 9 atom stereocenters. The monoisotopic (exact) mass is 486 g/mol. The average Bonchev–Trinajstić information content (AvgIpc) is 3.14. The van der Waals surface area contributed by atoms with E-state index < -0.39 is 17.9 Å². The average molecular weight is 487 g/mol. The largest absolute Gasteiger partial charge is 0.508 e. The van der Waals surface area contributed by atoms with E-state index in [9.17, 15) is 15.0 Å². The zero-order valence-electron chi connectivity index (χ0n) is 22.7. The van der Waals surface area contributed by atoms with Crippen LogP contribution in [0.3, 0.4) is 0 Å². The van der Waals surface area contributed by atoms with Crippen LogP contribution in [0.25, 0.3) is 0 Å². The zero-order chi connectivity index (χ0) is 25.8. The fourth-order valence-corrected chi connectivity index (χ4v) is 7.97. The smallest absolute Gasteiger partial charge is 0.438 e. The van der Waals surface area contributed by atoms with Crippen LogP contribution in [0.4, 0.5) is 4.79 Å². The van der Waals surface area contributed by atoms with Gasteiger partial charge in [0.25, 0.3) is 0 Å². The van der Waals surface area contributed by atoms with Crippen LogP contribution in [0.2, 0.25) is 0 Å². The molecule has 4 rings (SSSR count). The number of fused-ring (bicyclic) bond motifs is 5. The molecule has 0 unspecified atom stereocenters. The van der Waals surface area contributed by atoms with Crippen molar-refractivity contribution in [1.29, 1.82) is 0 Å². The first kappa shape index (κ1) is 26.5. The molecule has 0 aliphatic heterocycles. The molecule has 0 spiro atoms. The van der Waals surface area contributed by atoms with Crippen LogP contribution < -0.4 is 0 Å². The van der Waals surface area contributed by atoms with E-state index in [2.05, 4.69) is 52.0 Å². The molecule has 2 N–H and O–H groups in total. The zero-order valence-corrected chi connectivity index (χ0v) is 22.7. The van der Waals surface area contributed by atoms with Gasteiger partial charge in [0, 0.05) is 17.8 Å². The molecule has 0 bridgehead atoms. The third-order valence-corrected chi connectivity index (χ3v) is 10.5. The molecule has 0 aromatic heterocycles.